The summed E-state index contributed by atoms with van der Waals surface area (Å²) in [4.78, 5) is 8.52. The number of rotatable bonds is 2. The molecule has 0 aliphatic carbocycles. The molecule has 2 heterocycles. The monoisotopic (exact) mass is 266 g/mol. The number of aromatic nitrogens is 4. The van der Waals surface area contributed by atoms with Crippen LogP contribution < -0.4 is 0 Å². The smallest absolute Gasteiger partial charge is 0.127 e. The molecule has 0 N–H and O–H groups in total. The zero-order valence-electron chi connectivity index (χ0n) is 8.61. The van der Waals surface area contributed by atoms with Gasteiger partial charge in [0.05, 0.1) is 11.9 Å². The van der Waals surface area contributed by atoms with Crippen LogP contribution in [0.5, 0.6) is 0 Å². The first-order chi connectivity index (χ1) is 7.19. The molecule has 0 aliphatic rings. The van der Waals surface area contributed by atoms with Gasteiger partial charge in [-0.3, -0.25) is 4.68 Å². The van der Waals surface area contributed by atoms with E-state index >= 15 is 0 Å². The van der Waals surface area contributed by atoms with Crippen LogP contribution in [0.25, 0.3) is 11.3 Å². The Kier molecular flexibility index (Phi) is 2.81. The molecule has 0 saturated carbocycles. The van der Waals surface area contributed by atoms with E-state index in [4.69, 9.17) is 0 Å². The van der Waals surface area contributed by atoms with E-state index in [0.29, 0.717) is 0 Å². The maximum atomic E-state index is 4.36. The minimum atomic E-state index is 0.753. The molecule has 0 saturated heterocycles. The van der Waals surface area contributed by atoms with Crippen molar-refractivity contribution in [1.82, 2.24) is 19.7 Å². The van der Waals surface area contributed by atoms with Crippen molar-refractivity contribution in [3.05, 3.63) is 28.9 Å². The molecule has 2 rings (SSSR count). The Bertz CT molecular complexity index is 458. The highest BCUT2D eigenvalue weighted by molar-refractivity contribution is 9.10. The number of nitrogens with zero attached hydrogens (tertiary/aromatic N) is 4. The van der Waals surface area contributed by atoms with Crippen LogP contribution in [0.4, 0.5) is 0 Å². The van der Waals surface area contributed by atoms with Gasteiger partial charge in [-0.1, -0.05) is 0 Å². The molecule has 0 aliphatic heterocycles. The van der Waals surface area contributed by atoms with Gasteiger partial charge < -0.3 is 0 Å². The summed E-state index contributed by atoms with van der Waals surface area (Å²) in [6.45, 7) is 4.79. The Balaban J connectivity index is 2.44. The van der Waals surface area contributed by atoms with E-state index in [1.807, 2.05) is 30.1 Å². The third-order valence-electron chi connectivity index (χ3n) is 2.06. The van der Waals surface area contributed by atoms with Gasteiger partial charge in [0.1, 0.15) is 10.4 Å². The van der Waals surface area contributed by atoms with Gasteiger partial charge in [-0.15, -0.1) is 0 Å². The minimum absolute atomic E-state index is 0.753. The fraction of sp³-hybridized carbons (Fsp3) is 0.300. The van der Waals surface area contributed by atoms with Crippen molar-refractivity contribution >= 4 is 15.9 Å². The van der Waals surface area contributed by atoms with Gasteiger partial charge in [0.2, 0.25) is 0 Å². The highest BCUT2D eigenvalue weighted by atomic mass is 79.9. The first kappa shape index (κ1) is 10.3. The zero-order valence-corrected chi connectivity index (χ0v) is 10.2. The Morgan fingerprint density at radius 2 is 2.20 bits per heavy atom. The summed E-state index contributed by atoms with van der Waals surface area (Å²) in [6.07, 6.45) is 3.80. The number of hydrogen-bond acceptors (Lipinski definition) is 3. The van der Waals surface area contributed by atoms with Crippen molar-refractivity contribution in [2.75, 3.05) is 0 Å². The lowest BCUT2D eigenvalue weighted by molar-refractivity contribution is 0.660. The maximum Gasteiger partial charge on any atom is 0.127 e. The summed E-state index contributed by atoms with van der Waals surface area (Å²) in [5.74, 6) is 0.753. The average Bonchev–Trinajstić information content (AvgIpc) is 2.64. The Morgan fingerprint density at radius 1 is 1.40 bits per heavy atom. The van der Waals surface area contributed by atoms with E-state index in [-0.39, 0.29) is 0 Å². The molecule has 0 fully saturated rings. The van der Waals surface area contributed by atoms with E-state index in [2.05, 4.69) is 37.9 Å². The Labute approximate surface area is 96.5 Å². The van der Waals surface area contributed by atoms with Crippen molar-refractivity contribution in [2.45, 2.75) is 20.4 Å². The lowest BCUT2D eigenvalue weighted by Crippen LogP contribution is -1.93. The second kappa shape index (κ2) is 4.10. The van der Waals surface area contributed by atoms with Gasteiger partial charge >= 0.3 is 0 Å². The summed E-state index contributed by atoms with van der Waals surface area (Å²) in [6, 6.07) is 1.89. The van der Waals surface area contributed by atoms with Gasteiger partial charge in [-0.2, -0.15) is 5.10 Å². The topological polar surface area (TPSA) is 43.6 Å². The summed E-state index contributed by atoms with van der Waals surface area (Å²) in [7, 11) is 0. The van der Waals surface area contributed by atoms with Crippen LogP contribution >= 0.6 is 15.9 Å². The highest BCUT2D eigenvalue weighted by Crippen LogP contribution is 2.19. The molecule has 0 atom stereocenters. The zero-order chi connectivity index (χ0) is 10.8. The third-order valence-corrected chi connectivity index (χ3v) is 2.47. The number of hydrogen-bond donors (Lipinski definition) is 0. The summed E-state index contributed by atoms with van der Waals surface area (Å²) in [5.41, 5.74) is 1.91. The normalized spacial score (nSPS) is 10.6. The molecule has 5 heteroatoms. The minimum Gasteiger partial charge on any atom is -0.272 e. The predicted molar refractivity (Wildman–Crippen MR) is 61.4 cm³/mol. The van der Waals surface area contributed by atoms with Crippen LogP contribution in [-0.2, 0) is 6.54 Å². The van der Waals surface area contributed by atoms with Crippen LogP contribution in [0.15, 0.2) is 23.1 Å². The van der Waals surface area contributed by atoms with Crippen molar-refractivity contribution in [1.29, 1.82) is 0 Å². The molecule has 2 aromatic heterocycles. The molecule has 0 bridgehead atoms. The molecule has 15 heavy (non-hydrogen) atoms. The fourth-order valence-electron chi connectivity index (χ4n) is 1.35. The summed E-state index contributed by atoms with van der Waals surface area (Å²) in [5, 5.41) is 4.21. The van der Waals surface area contributed by atoms with Crippen molar-refractivity contribution in [3.63, 3.8) is 0 Å². The van der Waals surface area contributed by atoms with Crippen molar-refractivity contribution in [2.24, 2.45) is 0 Å². The van der Waals surface area contributed by atoms with Gasteiger partial charge in [0.25, 0.3) is 0 Å². The molecule has 0 radical (unpaired) electrons. The lowest BCUT2D eigenvalue weighted by Gasteiger charge is -1.99. The third kappa shape index (κ3) is 2.23. The molecular formula is C10H11BrN4. The van der Waals surface area contributed by atoms with Gasteiger partial charge in [0, 0.05) is 18.3 Å². The highest BCUT2D eigenvalue weighted by Gasteiger charge is 2.05. The Morgan fingerprint density at radius 3 is 2.80 bits per heavy atom. The van der Waals surface area contributed by atoms with Crippen molar-refractivity contribution < 1.29 is 0 Å². The molecule has 0 amide bonds. The van der Waals surface area contributed by atoms with E-state index in [9.17, 15) is 0 Å². The largest absolute Gasteiger partial charge is 0.272 e. The molecule has 0 spiro atoms. The lowest BCUT2D eigenvalue weighted by atomic mass is 10.2. The number of halogens is 1. The first-order valence-electron chi connectivity index (χ1n) is 4.73. The first-order valence-corrected chi connectivity index (χ1v) is 5.52. The van der Waals surface area contributed by atoms with Gasteiger partial charge in [-0.05, 0) is 35.8 Å². The van der Waals surface area contributed by atoms with E-state index in [1.54, 1.807) is 0 Å². The quantitative estimate of drug-likeness (QED) is 0.785. The Hall–Kier alpha value is -1.23. The second-order valence-corrected chi connectivity index (χ2v) is 4.02. The second-order valence-electron chi connectivity index (χ2n) is 3.21. The SMILES string of the molecule is CCn1cc(-c2cc(Br)nc(C)n2)cn1. The van der Waals surface area contributed by atoms with Gasteiger partial charge in [0.15, 0.2) is 0 Å². The van der Waals surface area contributed by atoms with Crippen LogP contribution in [0, 0.1) is 6.92 Å². The van der Waals surface area contributed by atoms with Crippen LogP contribution in [0.1, 0.15) is 12.7 Å². The number of aryl methyl sites for hydroxylation is 2. The summed E-state index contributed by atoms with van der Waals surface area (Å²) < 4.78 is 2.68. The van der Waals surface area contributed by atoms with Crippen LogP contribution in [0.2, 0.25) is 0 Å². The maximum absolute atomic E-state index is 4.36. The molecule has 78 valence electrons. The molecule has 0 unspecified atom stereocenters. The molecule has 0 aromatic carbocycles. The molecular weight excluding hydrogens is 256 g/mol. The van der Waals surface area contributed by atoms with Crippen LogP contribution in [0.3, 0.4) is 0 Å². The van der Waals surface area contributed by atoms with E-state index in [0.717, 1.165) is 28.2 Å². The van der Waals surface area contributed by atoms with Crippen LogP contribution in [-0.4, -0.2) is 19.7 Å². The van der Waals surface area contributed by atoms with Crippen molar-refractivity contribution in [3.8, 4) is 11.3 Å². The standard InChI is InChI=1S/C10H11BrN4/c1-3-15-6-8(5-12-15)9-4-10(11)14-7(2)13-9/h4-6H,3H2,1-2H3. The molecule has 2 aromatic rings. The fourth-order valence-corrected chi connectivity index (χ4v) is 1.82. The van der Waals surface area contributed by atoms with E-state index < -0.39 is 0 Å². The average molecular weight is 267 g/mol. The predicted octanol–water partition coefficient (Wildman–Crippen LogP) is 2.43. The molecule has 4 nitrogen and oxygen atoms in total. The van der Waals surface area contributed by atoms with E-state index in [1.165, 1.54) is 0 Å². The summed E-state index contributed by atoms with van der Waals surface area (Å²) >= 11 is 3.36. The van der Waals surface area contributed by atoms with Gasteiger partial charge in [-0.25, -0.2) is 9.97 Å².